The monoisotopic (exact) mass is 338 g/mol. The second-order valence-corrected chi connectivity index (χ2v) is 6.87. The maximum Gasteiger partial charge on any atom is 0.335 e. The van der Waals surface area contributed by atoms with Gasteiger partial charge in [-0.25, -0.2) is 4.79 Å². The number of carbonyl (C=O) groups is 1. The van der Waals surface area contributed by atoms with Crippen LogP contribution in [-0.2, 0) is 13.1 Å². The van der Waals surface area contributed by atoms with Gasteiger partial charge in [-0.15, -0.1) is 0 Å². The van der Waals surface area contributed by atoms with E-state index in [9.17, 15) is 4.79 Å². The number of aromatic carboxylic acids is 1. The number of hydrogen-bond acceptors (Lipinski definition) is 3. The van der Waals surface area contributed by atoms with E-state index in [-0.39, 0.29) is 0 Å². The number of rotatable bonds is 6. The van der Waals surface area contributed by atoms with Gasteiger partial charge in [-0.1, -0.05) is 30.7 Å². The van der Waals surface area contributed by atoms with Gasteiger partial charge in [0.2, 0.25) is 0 Å². The van der Waals surface area contributed by atoms with Crippen molar-refractivity contribution in [1.29, 1.82) is 0 Å². The molecule has 0 aromatic heterocycles. The first-order chi connectivity index (χ1) is 12.1. The van der Waals surface area contributed by atoms with E-state index in [1.165, 1.54) is 31.4 Å². The van der Waals surface area contributed by atoms with Crippen LogP contribution in [0.4, 0.5) is 5.69 Å². The minimum Gasteiger partial charge on any atom is -0.478 e. The largest absolute Gasteiger partial charge is 0.478 e. The Balaban J connectivity index is 1.52. The van der Waals surface area contributed by atoms with Gasteiger partial charge in [-0.2, -0.15) is 0 Å². The lowest BCUT2D eigenvalue weighted by molar-refractivity contribution is 0.0697. The minimum absolute atomic E-state index is 0.319. The number of carboxylic acids is 1. The molecule has 1 unspecified atom stereocenters. The molecule has 0 radical (unpaired) electrons. The van der Waals surface area contributed by atoms with Gasteiger partial charge in [-0.3, -0.25) is 4.90 Å². The maximum atomic E-state index is 10.9. The summed E-state index contributed by atoms with van der Waals surface area (Å²) in [6, 6.07) is 16.3. The maximum absolute atomic E-state index is 10.9. The molecule has 1 heterocycles. The van der Waals surface area contributed by atoms with Gasteiger partial charge >= 0.3 is 5.97 Å². The predicted molar refractivity (Wildman–Crippen MR) is 101 cm³/mol. The second-order valence-electron chi connectivity index (χ2n) is 6.87. The van der Waals surface area contributed by atoms with E-state index in [0.717, 1.165) is 17.8 Å². The zero-order valence-electron chi connectivity index (χ0n) is 14.7. The molecule has 1 aliphatic rings. The van der Waals surface area contributed by atoms with Gasteiger partial charge in [0, 0.05) is 24.8 Å². The van der Waals surface area contributed by atoms with Crippen molar-refractivity contribution in [2.45, 2.75) is 45.3 Å². The molecule has 0 saturated carbocycles. The number of likely N-dealkylation sites (tertiary alicyclic amines) is 1. The van der Waals surface area contributed by atoms with Gasteiger partial charge < -0.3 is 10.4 Å². The van der Waals surface area contributed by atoms with Gasteiger partial charge in [-0.05, 0) is 61.7 Å². The number of hydrogen-bond donors (Lipinski definition) is 2. The smallest absolute Gasteiger partial charge is 0.335 e. The van der Waals surface area contributed by atoms with E-state index in [1.807, 2.05) is 12.1 Å². The highest BCUT2D eigenvalue weighted by molar-refractivity contribution is 5.87. The Hall–Kier alpha value is -2.33. The van der Waals surface area contributed by atoms with Crippen LogP contribution in [0.1, 0.15) is 47.7 Å². The molecule has 0 amide bonds. The van der Waals surface area contributed by atoms with Crippen molar-refractivity contribution in [2.75, 3.05) is 11.9 Å². The first-order valence-electron chi connectivity index (χ1n) is 9.01. The molecule has 132 valence electrons. The highest BCUT2D eigenvalue weighted by atomic mass is 16.4. The Kier molecular flexibility index (Phi) is 5.71. The Morgan fingerprint density at radius 2 is 1.76 bits per heavy atom. The molecule has 2 aromatic carbocycles. The topological polar surface area (TPSA) is 52.6 Å². The van der Waals surface area contributed by atoms with E-state index >= 15 is 0 Å². The third-order valence-corrected chi connectivity index (χ3v) is 4.98. The number of anilines is 1. The quantitative estimate of drug-likeness (QED) is 0.821. The number of carboxylic acid groups (broad SMARTS) is 1. The fourth-order valence-electron chi connectivity index (χ4n) is 3.32. The van der Waals surface area contributed by atoms with E-state index in [4.69, 9.17) is 5.11 Å². The molecular formula is C21H26N2O2. The van der Waals surface area contributed by atoms with Gasteiger partial charge in [0.25, 0.3) is 0 Å². The number of nitrogens with one attached hydrogen (secondary N) is 1. The molecule has 0 bridgehead atoms. The minimum atomic E-state index is -0.891. The molecule has 0 spiro atoms. The average molecular weight is 338 g/mol. The van der Waals surface area contributed by atoms with Crippen molar-refractivity contribution >= 4 is 11.7 Å². The number of benzene rings is 2. The van der Waals surface area contributed by atoms with Crippen molar-refractivity contribution in [3.05, 3.63) is 65.2 Å². The molecule has 1 fully saturated rings. The standard InChI is InChI=1S/C21H26N2O2/c1-16-4-2-3-13-23(16)15-18-7-11-20(12-8-18)22-14-17-5-9-19(10-6-17)21(24)25/h5-12,16,22H,2-4,13-15H2,1H3,(H,24,25). The summed E-state index contributed by atoms with van der Waals surface area (Å²) in [5.74, 6) is -0.891. The lowest BCUT2D eigenvalue weighted by Gasteiger charge is -2.33. The summed E-state index contributed by atoms with van der Waals surface area (Å²) in [6.07, 6.45) is 3.97. The molecule has 2 N–H and O–H groups in total. The summed E-state index contributed by atoms with van der Waals surface area (Å²) in [6.45, 7) is 5.23. The second kappa shape index (κ2) is 8.17. The fourth-order valence-corrected chi connectivity index (χ4v) is 3.32. The van der Waals surface area contributed by atoms with Crippen molar-refractivity contribution in [3.8, 4) is 0 Å². The third-order valence-electron chi connectivity index (χ3n) is 4.98. The van der Waals surface area contributed by atoms with Crippen LogP contribution in [0.2, 0.25) is 0 Å². The van der Waals surface area contributed by atoms with Crippen LogP contribution in [0.3, 0.4) is 0 Å². The number of piperidine rings is 1. The third kappa shape index (κ3) is 4.83. The molecular weight excluding hydrogens is 312 g/mol. The van der Waals surface area contributed by atoms with E-state index in [2.05, 4.69) is 41.4 Å². The van der Waals surface area contributed by atoms with Crippen LogP contribution in [0.15, 0.2) is 48.5 Å². The first-order valence-corrected chi connectivity index (χ1v) is 9.01. The Morgan fingerprint density at radius 3 is 2.40 bits per heavy atom. The molecule has 4 nitrogen and oxygen atoms in total. The van der Waals surface area contributed by atoms with Crippen LogP contribution >= 0.6 is 0 Å². The molecule has 25 heavy (non-hydrogen) atoms. The zero-order chi connectivity index (χ0) is 17.6. The van der Waals surface area contributed by atoms with E-state index in [1.54, 1.807) is 12.1 Å². The van der Waals surface area contributed by atoms with Crippen molar-refractivity contribution in [1.82, 2.24) is 4.90 Å². The highest BCUT2D eigenvalue weighted by Gasteiger charge is 2.17. The molecule has 3 rings (SSSR count). The Morgan fingerprint density at radius 1 is 1.08 bits per heavy atom. The summed E-state index contributed by atoms with van der Waals surface area (Å²) in [5.41, 5.74) is 3.82. The molecule has 1 saturated heterocycles. The fraction of sp³-hybridized carbons (Fsp3) is 0.381. The van der Waals surface area contributed by atoms with Gasteiger partial charge in [0.15, 0.2) is 0 Å². The van der Waals surface area contributed by atoms with Crippen LogP contribution < -0.4 is 5.32 Å². The summed E-state index contributed by atoms with van der Waals surface area (Å²) < 4.78 is 0. The summed E-state index contributed by atoms with van der Waals surface area (Å²) in [7, 11) is 0. The molecule has 1 atom stereocenters. The predicted octanol–water partition coefficient (Wildman–Crippen LogP) is 4.37. The van der Waals surface area contributed by atoms with Gasteiger partial charge in [0.1, 0.15) is 0 Å². The Bertz CT molecular complexity index is 695. The Labute approximate surface area is 149 Å². The summed E-state index contributed by atoms with van der Waals surface area (Å²) in [4.78, 5) is 13.4. The molecule has 4 heteroatoms. The highest BCUT2D eigenvalue weighted by Crippen LogP contribution is 2.20. The van der Waals surface area contributed by atoms with Crippen molar-refractivity contribution in [2.24, 2.45) is 0 Å². The molecule has 1 aliphatic heterocycles. The van der Waals surface area contributed by atoms with Crippen molar-refractivity contribution in [3.63, 3.8) is 0 Å². The van der Waals surface area contributed by atoms with Gasteiger partial charge in [0.05, 0.1) is 5.56 Å². The lowest BCUT2D eigenvalue weighted by Crippen LogP contribution is -2.36. The van der Waals surface area contributed by atoms with Crippen LogP contribution in [0.5, 0.6) is 0 Å². The van der Waals surface area contributed by atoms with Crippen molar-refractivity contribution < 1.29 is 9.90 Å². The van der Waals surface area contributed by atoms with Crippen LogP contribution in [0, 0.1) is 0 Å². The SMILES string of the molecule is CC1CCCCN1Cc1ccc(NCc2ccc(C(=O)O)cc2)cc1. The molecule has 2 aromatic rings. The zero-order valence-corrected chi connectivity index (χ0v) is 14.7. The lowest BCUT2D eigenvalue weighted by atomic mass is 10.0. The summed E-state index contributed by atoms with van der Waals surface area (Å²) >= 11 is 0. The van der Waals surface area contributed by atoms with Crippen LogP contribution in [-0.4, -0.2) is 28.6 Å². The van der Waals surface area contributed by atoms with E-state index < -0.39 is 5.97 Å². The van der Waals surface area contributed by atoms with Crippen LogP contribution in [0.25, 0.3) is 0 Å². The average Bonchev–Trinajstić information content (AvgIpc) is 2.63. The first kappa shape index (κ1) is 17.5. The molecule has 0 aliphatic carbocycles. The number of nitrogens with zero attached hydrogens (tertiary/aromatic N) is 1. The summed E-state index contributed by atoms with van der Waals surface area (Å²) in [5, 5.41) is 12.3. The normalized spacial score (nSPS) is 18.0. The van der Waals surface area contributed by atoms with E-state index in [0.29, 0.717) is 18.2 Å².